The van der Waals surface area contributed by atoms with Crippen molar-refractivity contribution in [2.75, 3.05) is 0 Å². The topological polar surface area (TPSA) is 90.1 Å². The second kappa shape index (κ2) is 11.9. The van der Waals surface area contributed by atoms with Gasteiger partial charge in [0.25, 0.3) is 0 Å². The Balaban J connectivity index is 0.00000186. The van der Waals surface area contributed by atoms with E-state index in [1.165, 1.54) is 34.2 Å². The molecule has 200 valence electrons. The van der Waals surface area contributed by atoms with Gasteiger partial charge < -0.3 is 9.84 Å². The molecule has 1 unspecified atom stereocenters. The fourth-order valence-electron chi connectivity index (χ4n) is 5.54. The van der Waals surface area contributed by atoms with E-state index >= 15 is 0 Å². The summed E-state index contributed by atoms with van der Waals surface area (Å²) in [6.07, 6.45) is 4.66. The maximum absolute atomic E-state index is 11.4. The predicted molar refractivity (Wildman–Crippen MR) is 146 cm³/mol. The van der Waals surface area contributed by atoms with E-state index in [0.29, 0.717) is 12.4 Å². The number of ether oxygens (including phenoxy) is 1. The number of carbonyl (C=O) groups is 1. The molecule has 0 spiro atoms. The first-order chi connectivity index (χ1) is 17.7. The lowest BCUT2D eigenvalue weighted by molar-refractivity contribution is -0.137. The quantitative estimate of drug-likeness (QED) is 0.354. The van der Waals surface area contributed by atoms with Gasteiger partial charge in [0.05, 0.1) is 12.3 Å². The van der Waals surface area contributed by atoms with Gasteiger partial charge >= 0.3 is 5.97 Å². The average molecular weight is 507 g/mol. The van der Waals surface area contributed by atoms with Crippen molar-refractivity contribution in [2.45, 2.75) is 97.0 Å². The molecule has 1 heterocycles. The van der Waals surface area contributed by atoms with Crippen molar-refractivity contribution < 1.29 is 14.6 Å². The highest BCUT2D eigenvalue weighted by Crippen LogP contribution is 2.49. The lowest BCUT2D eigenvalue weighted by Crippen LogP contribution is -2.37. The Kier molecular flexibility index (Phi) is 9.11. The van der Waals surface area contributed by atoms with Crippen LogP contribution >= 0.6 is 0 Å². The average Bonchev–Trinajstić information content (AvgIpc) is 3.33. The highest BCUT2D eigenvalue weighted by atomic mass is 16.5. The zero-order chi connectivity index (χ0) is 27.2. The summed E-state index contributed by atoms with van der Waals surface area (Å²) in [6, 6.07) is 14.4. The van der Waals surface area contributed by atoms with Crippen LogP contribution in [0.15, 0.2) is 42.5 Å². The second-order valence-corrected chi connectivity index (χ2v) is 10.4. The van der Waals surface area contributed by atoms with Crippen LogP contribution in [-0.2, 0) is 29.3 Å². The van der Waals surface area contributed by atoms with Crippen molar-refractivity contribution in [1.29, 1.82) is 0 Å². The van der Waals surface area contributed by atoms with Gasteiger partial charge in [-0.2, -0.15) is 0 Å². The van der Waals surface area contributed by atoms with Gasteiger partial charge in [0.15, 0.2) is 5.82 Å². The van der Waals surface area contributed by atoms with Gasteiger partial charge in [-0.1, -0.05) is 71.9 Å². The van der Waals surface area contributed by atoms with Crippen molar-refractivity contribution in [2.24, 2.45) is 7.05 Å². The van der Waals surface area contributed by atoms with E-state index in [1.54, 1.807) is 7.05 Å². The molecule has 0 bridgehead atoms. The van der Waals surface area contributed by atoms with Crippen molar-refractivity contribution >= 4 is 5.97 Å². The molecule has 4 rings (SSSR count). The molecule has 1 aliphatic rings. The molecule has 0 saturated heterocycles. The minimum atomic E-state index is -0.899. The van der Waals surface area contributed by atoms with Crippen LogP contribution in [0, 0.1) is 0 Å². The molecule has 0 fully saturated rings. The Hall–Kier alpha value is -3.22. The standard InChI is InChI=1S/C28H36N4O3.C2H6/c1-6-28(7-2)15-14-27(3,4)23-13-8-19(16-24(23)28)18-35-21-11-9-20(10-12-21)22(17-25(33)34)26-29-30-31-32(26)5;1-2/h8-13,16,22H,6-7,14-15,17-18H2,1-5H3,(H,33,34);1-2H3. The summed E-state index contributed by atoms with van der Waals surface area (Å²) in [5.41, 5.74) is 5.42. The molecule has 1 N–H and O–H groups in total. The number of hydrogen-bond donors (Lipinski definition) is 1. The number of aromatic nitrogens is 4. The molecule has 0 radical (unpaired) electrons. The number of carboxylic acids is 1. The summed E-state index contributed by atoms with van der Waals surface area (Å²) >= 11 is 0. The fraction of sp³-hybridized carbons (Fsp3) is 0.533. The minimum absolute atomic E-state index is 0.0868. The Morgan fingerprint density at radius 1 is 1.05 bits per heavy atom. The number of hydrogen-bond acceptors (Lipinski definition) is 5. The summed E-state index contributed by atoms with van der Waals surface area (Å²) < 4.78 is 7.65. The van der Waals surface area contributed by atoms with E-state index < -0.39 is 11.9 Å². The molecule has 0 amide bonds. The summed E-state index contributed by atoms with van der Waals surface area (Å²) in [5, 5.41) is 20.9. The van der Waals surface area contributed by atoms with Gasteiger partial charge in [0.1, 0.15) is 12.4 Å². The molecular formula is C30H42N4O3. The lowest BCUT2D eigenvalue weighted by atomic mass is 9.59. The maximum atomic E-state index is 11.4. The summed E-state index contributed by atoms with van der Waals surface area (Å²) in [4.78, 5) is 11.4. The lowest BCUT2D eigenvalue weighted by Gasteiger charge is -2.45. The first kappa shape index (κ1) is 28.4. The van der Waals surface area contributed by atoms with Crippen LogP contribution in [0.2, 0.25) is 0 Å². The van der Waals surface area contributed by atoms with E-state index in [-0.39, 0.29) is 17.3 Å². The highest BCUT2D eigenvalue weighted by molar-refractivity contribution is 5.68. The Bertz CT molecular complexity index is 1180. The first-order valence-corrected chi connectivity index (χ1v) is 13.5. The minimum Gasteiger partial charge on any atom is -0.489 e. The molecule has 3 aromatic rings. The fourth-order valence-corrected chi connectivity index (χ4v) is 5.54. The van der Waals surface area contributed by atoms with Crippen molar-refractivity contribution in [3.8, 4) is 5.75 Å². The van der Waals surface area contributed by atoms with E-state index in [4.69, 9.17) is 4.74 Å². The van der Waals surface area contributed by atoms with Crippen LogP contribution < -0.4 is 4.74 Å². The van der Waals surface area contributed by atoms with Crippen LogP contribution in [0.25, 0.3) is 0 Å². The van der Waals surface area contributed by atoms with Gasteiger partial charge in [0, 0.05) is 7.05 Å². The van der Waals surface area contributed by atoms with E-state index in [2.05, 4.69) is 61.4 Å². The molecule has 0 aliphatic heterocycles. The molecule has 0 saturated carbocycles. The van der Waals surface area contributed by atoms with Crippen molar-refractivity contribution in [1.82, 2.24) is 20.2 Å². The number of aryl methyl sites for hydroxylation is 1. The highest BCUT2D eigenvalue weighted by Gasteiger charge is 2.40. The molecular weight excluding hydrogens is 464 g/mol. The zero-order valence-corrected chi connectivity index (χ0v) is 23.4. The van der Waals surface area contributed by atoms with Crippen LogP contribution in [0.3, 0.4) is 0 Å². The number of tetrazole rings is 1. The number of fused-ring (bicyclic) bond motifs is 1. The van der Waals surface area contributed by atoms with Crippen LogP contribution in [-0.4, -0.2) is 31.3 Å². The molecule has 1 atom stereocenters. The number of nitrogens with zero attached hydrogens (tertiary/aromatic N) is 4. The Labute approximate surface area is 221 Å². The van der Waals surface area contributed by atoms with E-state index in [0.717, 1.165) is 24.2 Å². The summed E-state index contributed by atoms with van der Waals surface area (Å²) in [6.45, 7) is 13.8. The summed E-state index contributed by atoms with van der Waals surface area (Å²) in [5.74, 6) is -0.0616. The maximum Gasteiger partial charge on any atom is 0.304 e. The van der Waals surface area contributed by atoms with E-state index in [1.807, 2.05) is 38.1 Å². The van der Waals surface area contributed by atoms with Gasteiger partial charge in [0.2, 0.25) is 0 Å². The SMILES string of the molecule is CC.CCC1(CC)CCC(C)(C)c2ccc(COc3ccc(C(CC(=O)O)c4nnnn4C)cc3)cc21. The molecule has 7 nitrogen and oxygen atoms in total. The number of carboxylic acid groups (broad SMARTS) is 1. The van der Waals surface area contributed by atoms with E-state index in [9.17, 15) is 9.90 Å². The van der Waals surface area contributed by atoms with Crippen LogP contribution in [0.5, 0.6) is 5.75 Å². The molecule has 7 heteroatoms. The third-order valence-electron chi connectivity index (χ3n) is 8.00. The molecule has 1 aliphatic carbocycles. The molecule has 1 aromatic heterocycles. The van der Waals surface area contributed by atoms with Crippen molar-refractivity contribution in [3.63, 3.8) is 0 Å². The predicted octanol–water partition coefficient (Wildman–Crippen LogP) is 6.55. The normalized spacial score (nSPS) is 16.2. The monoisotopic (exact) mass is 506 g/mol. The van der Waals surface area contributed by atoms with Crippen molar-refractivity contribution in [3.05, 3.63) is 70.5 Å². The number of benzene rings is 2. The largest absolute Gasteiger partial charge is 0.489 e. The van der Waals surface area contributed by atoms with Crippen LogP contribution in [0.1, 0.15) is 108 Å². The molecule has 2 aromatic carbocycles. The second-order valence-electron chi connectivity index (χ2n) is 10.4. The zero-order valence-electron chi connectivity index (χ0n) is 23.4. The van der Waals surface area contributed by atoms with Gasteiger partial charge in [-0.15, -0.1) is 5.10 Å². The third kappa shape index (κ3) is 6.03. The third-order valence-corrected chi connectivity index (χ3v) is 8.00. The number of aliphatic carboxylic acids is 1. The van der Waals surface area contributed by atoms with Gasteiger partial charge in [-0.05, 0) is 81.3 Å². The molecule has 37 heavy (non-hydrogen) atoms. The summed E-state index contributed by atoms with van der Waals surface area (Å²) in [7, 11) is 1.72. The smallest absolute Gasteiger partial charge is 0.304 e. The van der Waals surface area contributed by atoms with Crippen LogP contribution in [0.4, 0.5) is 0 Å². The van der Waals surface area contributed by atoms with Gasteiger partial charge in [-0.3, -0.25) is 4.79 Å². The number of rotatable bonds is 9. The first-order valence-electron chi connectivity index (χ1n) is 13.5. The Morgan fingerprint density at radius 2 is 1.73 bits per heavy atom. The Morgan fingerprint density at radius 3 is 2.30 bits per heavy atom. The van der Waals surface area contributed by atoms with Gasteiger partial charge in [-0.25, -0.2) is 4.68 Å².